The Morgan fingerprint density at radius 3 is 2.62 bits per heavy atom. The highest BCUT2D eigenvalue weighted by molar-refractivity contribution is 9.10. The van der Waals surface area contributed by atoms with E-state index in [1.807, 2.05) is 0 Å². The van der Waals surface area contributed by atoms with Crippen molar-refractivity contribution in [3.8, 4) is 0 Å². The number of nitrogens with one attached hydrogen (secondary N) is 1. The maximum absolute atomic E-state index is 5.40. The van der Waals surface area contributed by atoms with Gasteiger partial charge in [0.1, 0.15) is 0 Å². The zero-order valence-corrected chi connectivity index (χ0v) is 11.4. The van der Waals surface area contributed by atoms with E-state index < -0.39 is 0 Å². The van der Waals surface area contributed by atoms with Crippen molar-refractivity contribution >= 4 is 15.9 Å². The molecule has 0 fully saturated rings. The molecule has 0 saturated carbocycles. The molecule has 1 aromatic carbocycles. The fraction of sp³-hybridized carbons (Fsp3) is 0.538. The second-order valence-electron chi connectivity index (χ2n) is 3.77. The molecule has 2 nitrogen and oxygen atoms in total. The van der Waals surface area contributed by atoms with Gasteiger partial charge >= 0.3 is 0 Å². The van der Waals surface area contributed by atoms with Crippen molar-refractivity contribution in [3.63, 3.8) is 0 Å². The normalized spacial score (nSPS) is 10.6. The molecule has 0 saturated heterocycles. The average Bonchev–Trinajstić information content (AvgIpc) is 2.30. The zero-order valence-electron chi connectivity index (χ0n) is 9.84. The second-order valence-corrected chi connectivity index (χ2v) is 4.68. The molecule has 90 valence electrons. The monoisotopic (exact) mass is 285 g/mol. The van der Waals surface area contributed by atoms with Crippen molar-refractivity contribution in [1.29, 1.82) is 0 Å². The van der Waals surface area contributed by atoms with Crippen LogP contribution in [0.4, 0.5) is 0 Å². The molecule has 0 bridgehead atoms. The highest BCUT2D eigenvalue weighted by atomic mass is 79.9. The summed E-state index contributed by atoms with van der Waals surface area (Å²) in [5.41, 5.74) is 1.32. The van der Waals surface area contributed by atoms with Gasteiger partial charge in [-0.3, -0.25) is 0 Å². The first-order valence-electron chi connectivity index (χ1n) is 5.86. The first-order valence-corrected chi connectivity index (χ1v) is 6.65. The quantitative estimate of drug-likeness (QED) is 0.740. The number of halogens is 1. The summed E-state index contributed by atoms with van der Waals surface area (Å²) in [6.45, 7) is 5.82. The summed E-state index contributed by atoms with van der Waals surface area (Å²) in [6.07, 6.45) is 2.18. The molecule has 3 heteroatoms. The Hall–Kier alpha value is -0.380. The Morgan fingerprint density at radius 2 is 1.94 bits per heavy atom. The minimum atomic E-state index is 0.862. The summed E-state index contributed by atoms with van der Waals surface area (Å²) in [7, 11) is 0. The van der Waals surface area contributed by atoms with Gasteiger partial charge < -0.3 is 10.1 Å². The SMILES string of the molecule is CCCOCCCNCc1ccc(Br)cc1. The number of benzene rings is 1. The lowest BCUT2D eigenvalue weighted by molar-refractivity contribution is 0.132. The minimum Gasteiger partial charge on any atom is -0.381 e. The predicted molar refractivity (Wildman–Crippen MR) is 71.6 cm³/mol. The summed E-state index contributed by atoms with van der Waals surface area (Å²) in [5, 5.41) is 3.40. The van der Waals surface area contributed by atoms with E-state index in [0.29, 0.717) is 0 Å². The largest absolute Gasteiger partial charge is 0.381 e. The van der Waals surface area contributed by atoms with Gasteiger partial charge in [-0.2, -0.15) is 0 Å². The molecule has 0 aliphatic heterocycles. The van der Waals surface area contributed by atoms with E-state index in [9.17, 15) is 0 Å². The summed E-state index contributed by atoms with van der Waals surface area (Å²) < 4.78 is 6.53. The van der Waals surface area contributed by atoms with Crippen LogP contribution in [0, 0.1) is 0 Å². The van der Waals surface area contributed by atoms with Crippen LogP contribution in [0.1, 0.15) is 25.3 Å². The summed E-state index contributed by atoms with van der Waals surface area (Å²) in [5.74, 6) is 0. The lowest BCUT2D eigenvalue weighted by Crippen LogP contribution is -2.16. The van der Waals surface area contributed by atoms with Gasteiger partial charge in [-0.15, -0.1) is 0 Å². The molecule has 0 aromatic heterocycles. The minimum absolute atomic E-state index is 0.862. The summed E-state index contributed by atoms with van der Waals surface area (Å²) in [6, 6.07) is 8.40. The number of rotatable bonds is 8. The van der Waals surface area contributed by atoms with Crippen LogP contribution in [0.25, 0.3) is 0 Å². The Bertz CT molecular complexity index is 274. The van der Waals surface area contributed by atoms with Gasteiger partial charge in [0.25, 0.3) is 0 Å². The van der Waals surface area contributed by atoms with Gasteiger partial charge in [0.2, 0.25) is 0 Å². The van der Waals surface area contributed by atoms with E-state index in [2.05, 4.69) is 52.4 Å². The van der Waals surface area contributed by atoms with Crippen LogP contribution in [0.3, 0.4) is 0 Å². The molecular formula is C13H20BrNO. The fourth-order valence-corrected chi connectivity index (χ4v) is 1.64. The third kappa shape index (κ3) is 6.26. The number of hydrogen-bond acceptors (Lipinski definition) is 2. The Morgan fingerprint density at radius 1 is 1.19 bits per heavy atom. The van der Waals surface area contributed by atoms with Crippen LogP contribution < -0.4 is 5.32 Å². The molecule has 0 aliphatic rings. The topological polar surface area (TPSA) is 21.3 Å². The molecule has 0 heterocycles. The van der Waals surface area contributed by atoms with Gasteiger partial charge in [0, 0.05) is 24.2 Å². The molecule has 0 radical (unpaired) electrons. The van der Waals surface area contributed by atoms with Gasteiger partial charge in [0.05, 0.1) is 0 Å². The maximum Gasteiger partial charge on any atom is 0.0478 e. The molecule has 1 rings (SSSR count). The summed E-state index contributed by atoms with van der Waals surface area (Å²) in [4.78, 5) is 0. The van der Waals surface area contributed by atoms with Crippen molar-refractivity contribution in [2.24, 2.45) is 0 Å². The highest BCUT2D eigenvalue weighted by Crippen LogP contribution is 2.10. The van der Waals surface area contributed by atoms with E-state index >= 15 is 0 Å². The average molecular weight is 286 g/mol. The van der Waals surface area contributed by atoms with E-state index in [0.717, 1.165) is 43.6 Å². The molecule has 0 spiro atoms. The highest BCUT2D eigenvalue weighted by Gasteiger charge is 1.93. The van der Waals surface area contributed by atoms with Gasteiger partial charge in [-0.05, 0) is 37.1 Å². The van der Waals surface area contributed by atoms with Crippen molar-refractivity contribution in [1.82, 2.24) is 5.32 Å². The molecule has 1 aromatic rings. The van der Waals surface area contributed by atoms with Gasteiger partial charge in [-0.1, -0.05) is 35.0 Å². The second kappa shape index (κ2) is 8.74. The van der Waals surface area contributed by atoms with Crippen molar-refractivity contribution in [2.75, 3.05) is 19.8 Å². The van der Waals surface area contributed by atoms with Crippen LogP contribution in [0.15, 0.2) is 28.7 Å². The van der Waals surface area contributed by atoms with E-state index in [-0.39, 0.29) is 0 Å². The van der Waals surface area contributed by atoms with Crippen LogP contribution >= 0.6 is 15.9 Å². The third-order valence-corrected chi connectivity index (χ3v) is 2.76. The molecule has 16 heavy (non-hydrogen) atoms. The van der Waals surface area contributed by atoms with Crippen LogP contribution in [-0.4, -0.2) is 19.8 Å². The van der Waals surface area contributed by atoms with Crippen molar-refractivity contribution in [3.05, 3.63) is 34.3 Å². The molecule has 0 atom stereocenters. The standard InChI is InChI=1S/C13H20BrNO/c1-2-9-16-10-3-8-15-11-12-4-6-13(14)7-5-12/h4-7,15H,2-3,8-11H2,1H3. The molecule has 0 aliphatic carbocycles. The smallest absolute Gasteiger partial charge is 0.0478 e. The van der Waals surface area contributed by atoms with Crippen molar-refractivity contribution < 1.29 is 4.74 Å². The summed E-state index contributed by atoms with van der Waals surface area (Å²) >= 11 is 3.43. The van der Waals surface area contributed by atoms with Crippen LogP contribution in [0.5, 0.6) is 0 Å². The zero-order chi connectivity index (χ0) is 11.6. The first kappa shape index (κ1) is 13.7. The maximum atomic E-state index is 5.40. The molecular weight excluding hydrogens is 266 g/mol. The van der Waals surface area contributed by atoms with Crippen LogP contribution in [0.2, 0.25) is 0 Å². The first-order chi connectivity index (χ1) is 7.83. The Kier molecular flexibility index (Phi) is 7.47. The lowest BCUT2D eigenvalue weighted by atomic mass is 10.2. The number of ether oxygens (including phenoxy) is 1. The van der Waals surface area contributed by atoms with Crippen molar-refractivity contribution in [2.45, 2.75) is 26.3 Å². The lowest BCUT2D eigenvalue weighted by Gasteiger charge is -2.05. The molecule has 0 unspecified atom stereocenters. The van der Waals surface area contributed by atoms with Gasteiger partial charge in [-0.25, -0.2) is 0 Å². The van der Waals surface area contributed by atoms with E-state index in [4.69, 9.17) is 4.74 Å². The molecule has 1 N–H and O–H groups in total. The molecule has 0 amide bonds. The number of hydrogen-bond donors (Lipinski definition) is 1. The predicted octanol–water partition coefficient (Wildman–Crippen LogP) is 3.36. The Balaban J connectivity index is 2.01. The Labute approximate surface area is 107 Å². The third-order valence-electron chi connectivity index (χ3n) is 2.23. The van der Waals surface area contributed by atoms with E-state index in [1.165, 1.54) is 5.56 Å². The fourth-order valence-electron chi connectivity index (χ4n) is 1.38. The van der Waals surface area contributed by atoms with Gasteiger partial charge in [0.15, 0.2) is 0 Å². The van der Waals surface area contributed by atoms with E-state index in [1.54, 1.807) is 0 Å². The van der Waals surface area contributed by atoms with Crippen LogP contribution in [-0.2, 0) is 11.3 Å².